The average molecular weight is 503 g/mol. The number of benzene rings is 3. The smallest absolute Gasteiger partial charge is 0.273 e. The molecular weight excluding hydrogens is 486 g/mol. The molecule has 0 fully saturated rings. The van der Waals surface area contributed by atoms with Gasteiger partial charge in [-0.2, -0.15) is 5.10 Å². The summed E-state index contributed by atoms with van der Waals surface area (Å²) in [5.41, 5.74) is 4.20. The van der Waals surface area contributed by atoms with Crippen molar-refractivity contribution in [1.82, 2.24) is 5.43 Å². The second-order valence-electron chi connectivity index (χ2n) is 6.45. The Bertz CT molecular complexity index is 1120. The molecule has 0 aliphatic heterocycles. The molecule has 0 saturated carbocycles. The van der Waals surface area contributed by atoms with Crippen molar-refractivity contribution in [3.05, 3.63) is 103 Å². The Morgan fingerprint density at radius 1 is 1.16 bits per heavy atom. The molecule has 0 aliphatic carbocycles. The van der Waals surface area contributed by atoms with Gasteiger partial charge in [0.2, 0.25) is 5.91 Å². The summed E-state index contributed by atoms with van der Waals surface area (Å²) in [5, 5.41) is 15.7. The molecule has 9 heteroatoms. The number of carbonyl (C=O) groups excluding carboxylic acids is 1. The Balaban J connectivity index is 1.65. The highest BCUT2D eigenvalue weighted by Gasteiger charge is 2.15. The fraction of sp³-hybridized carbons (Fsp3) is 0.0909. The van der Waals surface area contributed by atoms with Crippen molar-refractivity contribution < 1.29 is 14.5 Å². The van der Waals surface area contributed by atoms with Crippen LogP contribution in [0, 0.1) is 10.1 Å². The van der Waals surface area contributed by atoms with E-state index in [1.54, 1.807) is 42.5 Å². The van der Waals surface area contributed by atoms with Gasteiger partial charge < -0.3 is 4.74 Å². The number of amides is 1. The molecule has 31 heavy (non-hydrogen) atoms. The van der Waals surface area contributed by atoms with Gasteiger partial charge in [-0.1, -0.05) is 57.9 Å². The zero-order valence-electron chi connectivity index (χ0n) is 16.1. The lowest BCUT2D eigenvalue weighted by molar-refractivity contribution is -0.385. The molecular formula is C22H17BrClN3O4. The summed E-state index contributed by atoms with van der Waals surface area (Å²) >= 11 is 9.30. The van der Waals surface area contributed by atoms with Crippen LogP contribution < -0.4 is 10.2 Å². The summed E-state index contributed by atoms with van der Waals surface area (Å²) in [5.74, 6) is 0.110. The number of para-hydroxylation sites is 1. The van der Waals surface area contributed by atoms with E-state index in [1.165, 1.54) is 12.3 Å². The topological polar surface area (TPSA) is 93.8 Å². The first-order chi connectivity index (χ1) is 14.9. The summed E-state index contributed by atoms with van der Waals surface area (Å²) in [6, 6.07) is 18.8. The number of nitrogens with zero attached hydrogens (tertiary/aromatic N) is 2. The highest BCUT2D eigenvalue weighted by atomic mass is 79.9. The van der Waals surface area contributed by atoms with Gasteiger partial charge in [-0.15, -0.1) is 0 Å². The predicted octanol–water partition coefficient (Wildman–Crippen LogP) is 5.28. The Labute approximate surface area is 192 Å². The molecule has 158 valence electrons. The average Bonchev–Trinajstić information content (AvgIpc) is 2.74. The molecule has 7 nitrogen and oxygen atoms in total. The first-order valence-electron chi connectivity index (χ1n) is 9.13. The quantitative estimate of drug-likeness (QED) is 0.257. The number of nitrogens with one attached hydrogen (secondary N) is 1. The Morgan fingerprint density at radius 3 is 2.65 bits per heavy atom. The molecule has 0 spiro atoms. The van der Waals surface area contributed by atoms with E-state index in [9.17, 15) is 14.9 Å². The predicted molar refractivity (Wildman–Crippen MR) is 122 cm³/mol. The number of hydrogen-bond acceptors (Lipinski definition) is 5. The molecule has 0 aliphatic rings. The third kappa shape index (κ3) is 6.63. The van der Waals surface area contributed by atoms with Crippen molar-refractivity contribution in [3.63, 3.8) is 0 Å². The van der Waals surface area contributed by atoms with E-state index >= 15 is 0 Å². The van der Waals surface area contributed by atoms with E-state index in [-0.39, 0.29) is 12.1 Å². The maximum absolute atomic E-state index is 12.2. The molecule has 0 aromatic heterocycles. The zero-order chi connectivity index (χ0) is 22.2. The fourth-order valence-corrected chi connectivity index (χ4v) is 3.22. The van der Waals surface area contributed by atoms with Gasteiger partial charge in [-0.3, -0.25) is 14.9 Å². The third-order valence-corrected chi connectivity index (χ3v) is 4.96. The van der Waals surface area contributed by atoms with Crippen LogP contribution in [0.3, 0.4) is 0 Å². The van der Waals surface area contributed by atoms with E-state index in [4.69, 9.17) is 16.3 Å². The molecule has 3 aromatic rings. The van der Waals surface area contributed by atoms with Crippen molar-refractivity contribution in [3.8, 4) is 5.75 Å². The number of hydrogen-bond donors (Lipinski definition) is 1. The molecule has 3 rings (SSSR count). The second-order valence-corrected chi connectivity index (χ2v) is 7.81. The maximum atomic E-state index is 12.2. The van der Waals surface area contributed by atoms with E-state index in [0.29, 0.717) is 28.5 Å². The molecule has 0 atom stereocenters. The fourth-order valence-electron chi connectivity index (χ4n) is 2.72. The maximum Gasteiger partial charge on any atom is 0.273 e. The number of nitro groups is 1. The van der Waals surface area contributed by atoms with E-state index in [0.717, 1.165) is 10.0 Å². The molecule has 0 bridgehead atoms. The number of carbonyl (C=O) groups is 1. The SMILES string of the molecule is O=C(Cc1ccccc1[N+](=O)[O-])N/N=C/c1cc(Br)ccc1OCc1ccc(Cl)cc1. The lowest BCUT2D eigenvalue weighted by Gasteiger charge is -2.10. The van der Waals surface area contributed by atoms with Crippen molar-refractivity contribution >= 4 is 45.3 Å². The van der Waals surface area contributed by atoms with Crippen molar-refractivity contribution in [1.29, 1.82) is 0 Å². The number of rotatable bonds is 8. The largest absolute Gasteiger partial charge is 0.488 e. The minimum Gasteiger partial charge on any atom is -0.488 e. The molecule has 1 amide bonds. The van der Waals surface area contributed by atoms with E-state index in [2.05, 4.69) is 26.5 Å². The summed E-state index contributed by atoms with van der Waals surface area (Å²) in [6.45, 7) is 0.337. The number of hydrazone groups is 1. The van der Waals surface area contributed by atoms with Gasteiger partial charge in [0.25, 0.3) is 5.69 Å². The summed E-state index contributed by atoms with van der Waals surface area (Å²) in [4.78, 5) is 22.7. The Morgan fingerprint density at radius 2 is 1.90 bits per heavy atom. The number of nitro benzene ring substituents is 1. The molecule has 0 unspecified atom stereocenters. The standard InChI is InChI=1S/C22H17BrClN3O4/c23-18-7-10-21(31-14-15-5-8-19(24)9-6-15)17(11-18)13-25-26-22(28)12-16-3-1-2-4-20(16)27(29)30/h1-11,13H,12,14H2,(H,26,28)/b25-13+. The normalized spacial score (nSPS) is 10.8. The van der Waals surface area contributed by atoms with Crippen LogP contribution in [0.2, 0.25) is 5.02 Å². The monoisotopic (exact) mass is 501 g/mol. The van der Waals surface area contributed by atoms with Gasteiger partial charge in [0.15, 0.2) is 0 Å². The van der Waals surface area contributed by atoms with Gasteiger partial charge in [0.1, 0.15) is 12.4 Å². The summed E-state index contributed by atoms with van der Waals surface area (Å²) < 4.78 is 6.69. The van der Waals surface area contributed by atoms with E-state index < -0.39 is 10.8 Å². The number of ether oxygens (including phenoxy) is 1. The third-order valence-electron chi connectivity index (χ3n) is 4.21. The van der Waals surface area contributed by atoms with Crippen LogP contribution in [0.4, 0.5) is 5.69 Å². The van der Waals surface area contributed by atoms with Crippen molar-refractivity contribution in [2.75, 3.05) is 0 Å². The lowest BCUT2D eigenvalue weighted by atomic mass is 10.1. The molecule has 1 N–H and O–H groups in total. The second kappa shape index (κ2) is 10.7. The molecule has 0 saturated heterocycles. The van der Waals surface area contributed by atoms with Gasteiger partial charge in [0.05, 0.1) is 17.6 Å². The van der Waals surface area contributed by atoms with Crippen LogP contribution in [0.5, 0.6) is 5.75 Å². The minimum absolute atomic E-state index is 0.105. The van der Waals surface area contributed by atoms with Gasteiger partial charge in [-0.25, -0.2) is 5.43 Å². The van der Waals surface area contributed by atoms with Crippen LogP contribution in [0.25, 0.3) is 0 Å². The molecule has 3 aromatic carbocycles. The molecule has 0 radical (unpaired) electrons. The van der Waals surface area contributed by atoms with Gasteiger partial charge in [0, 0.05) is 26.7 Å². The van der Waals surface area contributed by atoms with Crippen LogP contribution >= 0.6 is 27.5 Å². The minimum atomic E-state index is -0.516. The van der Waals surface area contributed by atoms with Crippen molar-refractivity contribution in [2.45, 2.75) is 13.0 Å². The van der Waals surface area contributed by atoms with Crippen molar-refractivity contribution in [2.24, 2.45) is 5.10 Å². The Hall–Kier alpha value is -3.23. The lowest BCUT2D eigenvalue weighted by Crippen LogP contribution is -2.20. The van der Waals surface area contributed by atoms with Gasteiger partial charge >= 0.3 is 0 Å². The highest BCUT2D eigenvalue weighted by molar-refractivity contribution is 9.10. The Kier molecular flexibility index (Phi) is 7.75. The van der Waals surface area contributed by atoms with Gasteiger partial charge in [-0.05, 0) is 35.9 Å². The van der Waals surface area contributed by atoms with Crippen LogP contribution in [-0.2, 0) is 17.8 Å². The highest BCUT2D eigenvalue weighted by Crippen LogP contribution is 2.23. The van der Waals surface area contributed by atoms with E-state index in [1.807, 2.05) is 18.2 Å². The van der Waals surface area contributed by atoms with Crippen LogP contribution in [0.15, 0.2) is 76.3 Å². The van der Waals surface area contributed by atoms with Crippen LogP contribution in [-0.4, -0.2) is 17.0 Å². The summed E-state index contributed by atoms with van der Waals surface area (Å²) in [7, 11) is 0. The molecule has 0 heterocycles. The summed E-state index contributed by atoms with van der Waals surface area (Å²) in [6.07, 6.45) is 1.30. The van der Waals surface area contributed by atoms with Crippen LogP contribution in [0.1, 0.15) is 16.7 Å². The zero-order valence-corrected chi connectivity index (χ0v) is 18.5. The number of halogens is 2. The first-order valence-corrected chi connectivity index (χ1v) is 10.3. The first kappa shape index (κ1) is 22.5.